The molecule has 0 saturated carbocycles. The van der Waals surface area contributed by atoms with E-state index in [1.165, 1.54) is 0 Å². The van der Waals surface area contributed by atoms with Gasteiger partial charge in [0, 0.05) is 19.0 Å². The Labute approximate surface area is 169 Å². The van der Waals surface area contributed by atoms with Crippen molar-refractivity contribution in [3.8, 4) is 11.5 Å². The van der Waals surface area contributed by atoms with E-state index in [4.69, 9.17) is 14.0 Å². The van der Waals surface area contributed by atoms with Crippen LogP contribution in [0.15, 0.2) is 53.1 Å². The Morgan fingerprint density at radius 2 is 2.03 bits per heavy atom. The molecule has 7 heteroatoms. The zero-order valence-corrected chi connectivity index (χ0v) is 16.5. The van der Waals surface area contributed by atoms with Crippen LogP contribution >= 0.6 is 0 Å². The standard InChI is InChI=1S/C22H23N3O4/c1-15-23-21(24-29-15)14-28-18-10-8-16(9-11-18)22(26)25-12-4-7-20(25)17-5-3-6-19(13-17)27-2/h3,5-6,8-11,13,20H,4,7,12,14H2,1-2H3. The molecule has 1 aliphatic heterocycles. The molecule has 1 unspecified atom stereocenters. The summed E-state index contributed by atoms with van der Waals surface area (Å²) in [5.41, 5.74) is 1.74. The Morgan fingerprint density at radius 1 is 1.21 bits per heavy atom. The first-order chi connectivity index (χ1) is 14.1. The van der Waals surface area contributed by atoms with Crippen LogP contribution in [0.3, 0.4) is 0 Å². The Kier molecular flexibility index (Phi) is 5.46. The molecular weight excluding hydrogens is 370 g/mol. The molecule has 2 heterocycles. The quantitative estimate of drug-likeness (QED) is 0.631. The van der Waals surface area contributed by atoms with E-state index in [2.05, 4.69) is 16.2 Å². The molecule has 1 atom stereocenters. The second kappa shape index (κ2) is 8.34. The highest BCUT2D eigenvalue weighted by Crippen LogP contribution is 2.34. The van der Waals surface area contributed by atoms with Crippen LogP contribution in [0, 0.1) is 6.92 Å². The molecule has 0 bridgehead atoms. The zero-order valence-electron chi connectivity index (χ0n) is 16.5. The third-order valence-electron chi connectivity index (χ3n) is 5.03. The van der Waals surface area contributed by atoms with Crippen molar-refractivity contribution in [2.75, 3.05) is 13.7 Å². The maximum Gasteiger partial charge on any atom is 0.254 e. The fourth-order valence-corrected chi connectivity index (χ4v) is 3.61. The summed E-state index contributed by atoms with van der Waals surface area (Å²) in [6.07, 6.45) is 1.93. The number of amides is 1. The second-order valence-corrected chi connectivity index (χ2v) is 6.98. The second-order valence-electron chi connectivity index (χ2n) is 6.98. The van der Waals surface area contributed by atoms with Crippen molar-refractivity contribution in [1.29, 1.82) is 0 Å². The first kappa shape index (κ1) is 19.0. The van der Waals surface area contributed by atoms with Gasteiger partial charge in [0.05, 0.1) is 13.2 Å². The number of hydrogen-bond acceptors (Lipinski definition) is 6. The van der Waals surface area contributed by atoms with Gasteiger partial charge in [-0.25, -0.2) is 0 Å². The molecule has 29 heavy (non-hydrogen) atoms. The third kappa shape index (κ3) is 4.23. The number of hydrogen-bond donors (Lipinski definition) is 0. The van der Waals surface area contributed by atoms with Crippen molar-refractivity contribution in [3.05, 3.63) is 71.4 Å². The van der Waals surface area contributed by atoms with E-state index in [1.807, 2.05) is 23.1 Å². The first-order valence-electron chi connectivity index (χ1n) is 9.61. The number of aryl methyl sites for hydroxylation is 1. The van der Waals surface area contributed by atoms with Gasteiger partial charge < -0.3 is 18.9 Å². The maximum atomic E-state index is 13.1. The molecule has 3 aromatic rings. The molecule has 0 spiro atoms. The minimum atomic E-state index is 0.0238. The highest BCUT2D eigenvalue weighted by Gasteiger charge is 2.30. The lowest BCUT2D eigenvalue weighted by Gasteiger charge is -2.25. The third-order valence-corrected chi connectivity index (χ3v) is 5.03. The summed E-state index contributed by atoms with van der Waals surface area (Å²) in [6.45, 7) is 2.69. The molecule has 1 fully saturated rings. The van der Waals surface area contributed by atoms with Crippen LogP contribution < -0.4 is 9.47 Å². The monoisotopic (exact) mass is 393 g/mol. The summed E-state index contributed by atoms with van der Waals surface area (Å²) in [6, 6.07) is 15.2. The van der Waals surface area contributed by atoms with Crippen molar-refractivity contribution >= 4 is 5.91 Å². The van der Waals surface area contributed by atoms with Gasteiger partial charge in [-0.3, -0.25) is 4.79 Å². The highest BCUT2D eigenvalue weighted by molar-refractivity contribution is 5.94. The lowest BCUT2D eigenvalue weighted by molar-refractivity contribution is 0.0735. The van der Waals surface area contributed by atoms with Crippen LogP contribution in [-0.4, -0.2) is 34.6 Å². The van der Waals surface area contributed by atoms with E-state index in [0.29, 0.717) is 23.0 Å². The van der Waals surface area contributed by atoms with E-state index in [1.54, 1.807) is 38.3 Å². The molecule has 0 aliphatic carbocycles. The van der Waals surface area contributed by atoms with Crippen LogP contribution in [-0.2, 0) is 6.61 Å². The number of methoxy groups -OCH3 is 1. The number of rotatable bonds is 6. The summed E-state index contributed by atoms with van der Waals surface area (Å²) in [5.74, 6) is 2.46. The highest BCUT2D eigenvalue weighted by atomic mass is 16.5. The van der Waals surface area contributed by atoms with Gasteiger partial charge in [-0.15, -0.1) is 0 Å². The van der Waals surface area contributed by atoms with Gasteiger partial charge in [-0.05, 0) is 54.8 Å². The van der Waals surface area contributed by atoms with Gasteiger partial charge in [-0.2, -0.15) is 4.98 Å². The number of nitrogens with zero attached hydrogens (tertiary/aromatic N) is 3. The van der Waals surface area contributed by atoms with Crippen molar-refractivity contribution in [3.63, 3.8) is 0 Å². The average molecular weight is 393 g/mol. The van der Waals surface area contributed by atoms with Gasteiger partial charge in [0.2, 0.25) is 11.7 Å². The molecule has 150 valence electrons. The average Bonchev–Trinajstić information content (AvgIpc) is 3.41. The van der Waals surface area contributed by atoms with Crippen LogP contribution in [0.2, 0.25) is 0 Å². The van der Waals surface area contributed by atoms with Gasteiger partial charge in [0.1, 0.15) is 11.5 Å². The molecular formula is C22H23N3O4. The Hall–Kier alpha value is -3.35. The lowest BCUT2D eigenvalue weighted by Crippen LogP contribution is -2.30. The Bertz CT molecular complexity index is 984. The lowest BCUT2D eigenvalue weighted by atomic mass is 10.0. The minimum absolute atomic E-state index is 0.0238. The molecule has 1 aromatic heterocycles. The molecule has 7 nitrogen and oxygen atoms in total. The predicted octanol–water partition coefficient (Wildman–Crippen LogP) is 3.94. The number of benzene rings is 2. The predicted molar refractivity (Wildman–Crippen MR) is 106 cm³/mol. The molecule has 1 saturated heterocycles. The zero-order chi connectivity index (χ0) is 20.2. The van der Waals surface area contributed by atoms with Crippen LogP contribution in [0.1, 0.15) is 46.5 Å². The summed E-state index contributed by atoms with van der Waals surface area (Å²) in [5, 5.41) is 3.80. The summed E-state index contributed by atoms with van der Waals surface area (Å²) < 4.78 is 15.9. The molecule has 1 amide bonds. The van der Waals surface area contributed by atoms with Crippen molar-refractivity contribution in [1.82, 2.24) is 15.0 Å². The number of ether oxygens (including phenoxy) is 2. The van der Waals surface area contributed by atoms with E-state index in [0.717, 1.165) is 30.7 Å². The SMILES string of the molecule is COc1cccc(C2CCCN2C(=O)c2ccc(OCc3noc(C)n3)cc2)c1. The molecule has 0 radical (unpaired) electrons. The summed E-state index contributed by atoms with van der Waals surface area (Å²) in [4.78, 5) is 19.1. The van der Waals surface area contributed by atoms with Gasteiger partial charge in [0.15, 0.2) is 6.61 Å². The fourth-order valence-electron chi connectivity index (χ4n) is 3.61. The first-order valence-corrected chi connectivity index (χ1v) is 9.61. The van der Waals surface area contributed by atoms with E-state index in [-0.39, 0.29) is 18.6 Å². The summed E-state index contributed by atoms with van der Waals surface area (Å²) >= 11 is 0. The Morgan fingerprint density at radius 3 is 2.76 bits per heavy atom. The number of aromatic nitrogens is 2. The minimum Gasteiger partial charge on any atom is -0.497 e. The summed E-state index contributed by atoms with van der Waals surface area (Å²) in [7, 11) is 1.65. The van der Waals surface area contributed by atoms with Crippen LogP contribution in [0.25, 0.3) is 0 Å². The van der Waals surface area contributed by atoms with E-state index in [9.17, 15) is 4.79 Å². The van der Waals surface area contributed by atoms with Crippen molar-refractivity contribution < 1.29 is 18.8 Å². The number of carbonyl (C=O) groups excluding carboxylic acids is 1. The largest absolute Gasteiger partial charge is 0.497 e. The van der Waals surface area contributed by atoms with Crippen molar-refractivity contribution in [2.24, 2.45) is 0 Å². The Balaban J connectivity index is 1.44. The van der Waals surface area contributed by atoms with Gasteiger partial charge in [0.25, 0.3) is 5.91 Å². The molecule has 1 aliphatic rings. The normalized spacial score (nSPS) is 16.1. The van der Waals surface area contributed by atoms with Crippen molar-refractivity contribution in [2.45, 2.75) is 32.4 Å². The molecule has 0 N–H and O–H groups in total. The van der Waals surface area contributed by atoms with Crippen LogP contribution in [0.4, 0.5) is 0 Å². The number of likely N-dealkylation sites (tertiary alicyclic amines) is 1. The van der Waals surface area contributed by atoms with E-state index < -0.39 is 0 Å². The maximum absolute atomic E-state index is 13.1. The number of carbonyl (C=O) groups is 1. The van der Waals surface area contributed by atoms with E-state index >= 15 is 0 Å². The fraction of sp³-hybridized carbons (Fsp3) is 0.318. The van der Waals surface area contributed by atoms with Crippen LogP contribution in [0.5, 0.6) is 11.5 Å². The van der Waals surface area contributed by atoms with Gasteiger partial charge >= 0.3 is 0 Å². The topological polar surface area (TPSA) is 77.7 Å². The molecule has 2 aromatic carbocycles. The molecule has 4 rings (SSSR count). The van der Waals surface area contributed by atoms with Gasteiger partial charge in [-0.1, -0.05) is 17.3 Å². The smallest absolute Gasteiger partial charge is 0.254 e.